The van der Waals surface area contributed by atoms with E-state index in [0.29, 0.717) is 5.02 Å². The number of hydrogen-bond donors (Lipinski definition) is 1. The van der Waals surface area contributed by atoms with Crippen LogP contribution < -0.4 is 5.32 Å². The maximum absolute atomic E-state index is 11.8. The van der Waals surface area contributed by atoms with Gasteiger partial charge in [0.2, 0.25) is 5.91 Å². The van der Waals surface area contributed by atoms with Crippen molar-refractivity contribution in [3.63, 3.8) is 0 Å². The van der Waals surface area contributed by atoms with Crippen molar-refractivity contribution >= 4 is 29.3 Å². The van der Waals surface area contributed by atoms with Gasteiger partial charge in [-0.3, -0.25) is 9.78 Å². The molecule has 0 atom stereocenters. The predicted molar refractivity (Wildman–Crippen MR) is 78.1 cm³/mol. The molecule has 1 aromatic carbocycles. The molecule has 1 N–H and O–H groups in total. The minimum atomic E-state index is -0.178. The molecule has 0 spiro atoms. The Hall–Kier alpha value is -2.13. The minimum absolute atomic E-state index is 0.178. The Balaban J connectivity index is 2.04. The monoisotopic (exact) mass is 272 g/mol. The number of nitrogens with one attached hydrogen (secondary N) is 1. The summed E-state index contributed by atoms with van der Waals surface area (Å²) in [5, 5.41) is 3.46. The van der Waals surface area contributed by atoms with E-state index in [1.165, 1.54) is 6.08 Å². The molecule has 1 amide bonds. The second-order valence-corrected chi connectivity index (χ2v) is 4.50. The number of nitrogens with zero attached hydrogens (tertiary/aromatic N) is 1. The van der Waals surface area contributed by atoms with Gasteiger partial charge in [-0.25, -0.2) is 0 Å². The first-order valence-electron chi connectivity index (χ1n) is 5.80. The van der Waals surface area contributed by atoms with Gasteiger partial charge in [-0.05, 0) is 54.5 Å². The zero-order valence-electron chi connectivity index (χ0n) is 10.4. The van der Waals surface area contributed by atoms with Crippen molar-refractivity contribution in [2.75, 3.05) is 5.32 Å². The summed E-state index contributed by atoms with van der Waals surface area (Å²) in [6, 6.07) is 9.00. The van der Waals surface area contributed by atoms with Gasteiger partial charge in [-0.1, -0.05) is 11.6 Å². The molecule has 0 aliphatic rings. The van der Waals surface area contributed by atoms with Gasteiger partial charge in [0.1, 0.15) is 0 Å². The van der Waals surface area contributed by atoms with E-state index in [1.807, 2.05) is 25.1 Å². The number of amides is 1. The molecule has 0 unspecified atom stereocenters. The highest BCUT2D eigenvalue weighted by molar-refractivity contribution is 6.30. The van der Waals surface area contributed by atoms with Crippen LogP contribution in [0.25, 0.3) is 6.08 Å². The lowest BCUT2D eigenvalue weighted by Gasteiger charge is -2.06. The number of aromatic nitrogens is 1. The smallest absolute Gasteiger partial charge is 0.248 e. The van der Waals surface area contributed by atoms with Gasteiger partial charge in [0.05, 0.1) is 0 Å². The van der Waals surface area contributed by atoms with E-state index >= 15 is 0 Å². The van der Waals surface area contributed by atoms with E-state index in [9.17, 15) is 4.79 Å². The normalized spacial score (nSPS) is 10.6. The number of carbonyl (C=O) groups excluding carboxylic acids is 1. The van der Waals surface area contributed by atoms with Crippen LogP contribution in [0.4, 0.5) is 5.69 Å². The molecule has 0 bridgehead atoms. The van der Waals surface area contributed by atoms with Crippen LogP contribution in [0.1, 0.15) is 11.1 Å². The van der Waals surface area contributed by atoms with Crippen molar-refractivity contribution < 1.29 is 4.79 Å². The second-order valence-electron chi connectivity index (χ2n) is 4.06. The molecule has 0 radical (unpaired) electrons. The Bertz CT molecular complexity index is 609. The highest BCUT2D eigenvalue weighted by Crippen LogP contribution is 2.19. The molecule has 3 nitrogen and oxygen atoms in total. The molecule has 19 heavy (non-hydrogen) atoms. The number of halogens is 1. The molecular weight excluding hydrogens is 260 g/mol. The Labute approximate surface area is 116 Å². The van der Waals surface area contributed by atoms with E-state index in [2.05, 4.69) is 10.3 Å². The molecule has 0 fully saturated rings. The largest absolute Gasteiger partial charge is 0.322 e. The van der Waals surface area contributed by atoms with E-state index in [0.717, 1.165) is 16.8 Å². The van der Waals surface area contributed by atoms with Crippen molar-refractivity contribution in [1.29, 1.82) is 0 Å². The molecule has 4 heteroatoms. The van der Waals surface area contributed by atoms with Crippen molar-refractivity contribution in [1.82, 2.24) is 4.98 Å². The van der Waals surface area contributed by atoms with Gasteiger partial charge in [0, 0.05) is 29.2 Å². The van der Waals surface area contributed by atoms with Crippen LogP contribution in [-0.4, -0.2) is 10.9 Å². The molecule has 1 aromatic heterocycles. The minimum Gasteiger partial charge on any atom is -0.322 e. The Morgan fingerprint density at radius 2 is 2.00 bits per heavy atom. The average Bonchev–Trinajstić information content (AvgIpc) is 2.41. The summed E-state index contributed by atoms with van der Waals surface area (Å²) < 4.78 is 0. The van der Waals surface area contributed by atoms with Crippen molar-refractivity contribution in [3.05, 3.63) is 65.0 Å². The standard InChI is InChI=1S/C15H13ClN2O/c1-11-10-13(16)3-4-14(11)18-15(19)5-2-12-6-8-17-9-7-12/h2-10H,1H3,(H,18,19)/b5-2+. The fourth-order valence-electron chi connectivity index (χ4n) is 1.59. The number of benzene rings is 1. The molecule has 2 rings (SSSR count). The van der Waals surface area contributed by atoms with Crippen molar-refractivity contribution in [2.24, 2.45) is 0 Å². The van der Waals surface area contributed by atoms with E-state index in [1.54, 1.807) is 30.6 Å². The lowest BCUT2D eigenvalue weighted by Crippen LogP contribution is -2.08. The number of pyridine rings is 1. The van der Waals surface area contributed by atoms with Crippen molar-refractivity contribution in [3.8, 4) is 0 Å². The third-order valence-corrected chi connectivity index (χ3v) is 2.81. The van der Waals surface area contributed by atoms with Gasteiger partial charge >= 0.3 is 0 Å². The third-order valence-electron chi connectivity index (χ3n) is 2.58. The number of aryl methyl sites for hydroxylation is 1. The quantitative estimate of drug-likeness (QED) is 0.866. The maximum Gasteiger partial charge on any atom is 0.248 e. The van der Waals surface area contributed by atoms with Crippen LogP contribution in [0.15, 0.2) is 48.8 Å². The summed E-state index contributed by atoms with van der Waals surface area (Å²) >= 11 is 5.86. The van der Waals surface area contributed by atoms with Gasteiger partial charge in [-0.2, -0.15) is 0 Å². The van der Waals surface area contributed by atoms with Crippen LogP contribution in [0.5, 0.6) is 0 Å². The lowest BCUT2D eigenvalue weighted by atomic mass is 10.2. The SMILES string of the molecule is Cc1cc(Cl)ccc1NC(=O)/C=C/c1ccncc1. The molecule has 0 saturated heterocycles. The first-order valence-corrected chi connectivity index (χ1v) is 6.18. The van der Waals surface area contributed by atoms with Gasteiger partial charge in [0.25, 0.3) is 0 Å². The van der Waals surface area contributed by atoms with Crippen LogP contribution in [-0.2, 0) is 4.79 Å². The second kappa shape index (κ2) is 6.16. The average molecular weight is 273 g/mol. The Morgan fingerprint density at radius 3 is 2.68 bits per heavy atom. The zero-order chi connectivity index (χ0) is 13.7. The van der Waals surface area contributed by atoms with Crippen LogP contribution >= 0.6 is 11.6 Å². The van der Waals surface area contributed by atoms with E-state index < -0.39 is 0 Å². The van der Waals surface area contributed by atoms with Gasteiger partial charge in [0.15, 0.2) is 0 Å². The summed E-state index contributed by atoms with van der Waals surface area (Å²) in [6.45, 7) is 1.90. The molecule has 0 aliphatic heterocycles. The number of anilines is 1. The van der Waals surface area contributed by atoms with Crippen LogP contribution in [0.3, 0.4) is 0 Å². The first-order chi connectivity index (χ1) is 9.15. The topological polar surface area (TPSA) is 42.0 Å². The predicted octanol–water partition coefficient (Wildman–Crippen LogP) is 3.70. The lowest BCUT2D eigenvalue weighted by molar-refractivity contribution is -0.111. The zero-order valence-corrected chi connectivity index (χ0v) is 11.2. The molecule has 0 aliphatic carbocycles. The van der Waals surface area contributed by atoms with Crippen LogP contribution in [0, 0.1) is 6.92 Å². The highest BCUT2D eigenvalue weighted by Gasteiger charge is 2.01. The van der Waals surface area contributed by atoms with Gasteiger partial charge < -0.3 is 5.32 Å². The van der Waals surface area contributed by atoms with E-state index in [-0.39, 0.29) is 5.91 Å². The highest BCUT2D eigenvalue weighted by atomic mass is 35.5. The summed E-state index contributed by atoms with van der Waals surface area (Å²) in [5.41, 5.74) is 2.62. The summed E-state index contributed by atoms with van der Waals surface area (Å²) in [4.78, 5) is 15.7. The van der Waals surface area contributed by atoms with E-state index in [4.69, 9.17) is 11.6 Å². The molecular formula is C15H13ClN2O. The number of hydrogen-bond acceptors (Lipinski definition) is 2. The Morgan fingerprint density at radius 1 is 1.26 bits per heavy atom. The summed E-state index contributed by atoms with van der Waals surface area (Å²) in [7, 11) is 0. The van der Waals surface area contributed by atoms with Gasteiger partial charge in [-0.15, -0.1) is 0 Å². The molecule has 1 heterocycles. The Kier molecular flexibility index (Phi) is 4.31. The molecule has 96 valence electrons. The fraction of sp³-hybridized carbons (Fsp3) is 0.0667. The summed E-state index contributed by atoms with van der Waals surface area (Å²) in [5.74, 6) is -0.178. The molecule has 0 saturated carbocycles. The first kappa shape index (κ1) is 13.3. The maximum atomic E-state index is 11.8. The molecule has 2 aromatic rings. The number of carbonyl (C=O) groups is 1. The van der Waals surface area contributed by atoms with Crippen LogP contribution in [0.2, 0.25) is 5.02 Å². The van der Waals surface area contributed by atoms with Crippen molar-refractivity contribution in [2.45, 2.75) is 6.92 Å². The summed E-state index contributed by atoms with van der Waals surface area (Å²) in [6.07, 6.45) is 6.59. The number of rotatable bonds is 3. The third kappa shape index (κ3) is 3.93. The fourth-order valence-corrected chi connectivity index (χ4v) is 1.81.